The van der Waals surface area contributed by atoms with Crippen LogP contribution in [0.5, 0.6) is 0 Å². The first-order chi connectivity index (χ1) is 16.0. The van der Waals surface area contributed by atoms with E-state index >= 15 is 0 Å². The van der Waals surface area contributed by atoms with Gasteiger partial charge < -0.3 is 19.9 Å². The highest BCUT2D eigenvalue weighted by molar-refractivity contribution is 6.40. The number of rotatable bonds is 10. The summed E-state index contributed by atoms with van der Waals surface area (Å²) in [5.74, 6) is -5.37. The lowest BCUT2D eigenvalue weighted by molar-refractivity contribution is -0.141. The molecule has 2 N–H and O–H groups in total. The van der Waals surface area contributed by atoms with Gasteiger partial charge in [-0.15, -0.1) is 0 Å². The van der Waals surface area contributed by atoms with Crippen molar-refractivity contribution in [1.82, 2.24) is 5.32 Å². The number of hydrogen-bond donors (Lipinski definition) is 2. The van der Waals surface area contributed by atoms with Gasteiger partial charge in [0, 0.05) is 0 Å². The predicted octanol–water partition coefficient (Wildman–Crippen LogP) is 3.84. The maximum Gasteiger partial charge on any atom is 0.341 e. The topological polar surface area (TPSA) is 136 Å². The Labute approximate surface area is 212 Å². The standard InChI is InChI=1S/C21H15Cl4NO8/c22-10-3-1-4-11(23)18(10)20(31)33-8-15(27)14(7-17(29)30)26-16(28)9-34-21(32)19-12(24)5-2-6-13(19)25/h1-6,14H,7-9H2,(H,26,28)(H,29,30). The number of Topliss-reactive ketones (excluding diaryl/α,β-unsaturated/α-hetero) is 1. The monoisotopic (exact) mass is 549 g/mol. The van der Waals surface area contributed by atoms with Crippen LogP contribution in [0.3, 0.4) is 0 Å². The molecule has 0 heterocycles. The molecular weight excluding hydrogens is 536 g/mol. The van der Waals surface area contributed by atoms with E-state index in [1.165, 1.54) is 36.4 Å². The summed E-state index contributed by atoms with van der Waals surface area (Å²) >= 11 is 23.6. The molecule has 1 atom stereocenters. The maximum absolute atomic E-state index is 12.4. The van der Waals surface area contributed by atoms with Crippen molar-refractivity contribution in [2.45, 2.75) is 12.5 Å². The molecule has 2 aromatic carbocycles. The zero-order chi connectivity index (χ0) is 25.4. The van der Waals surface area contributed by atoms with E-state index in [-0.39, 0.29) is 31.2 Å². The molecule has 0 aliphatic rings. The zero-order valence-corrected chi connectivity index (χ0v) is 20.0. The van der Waals surface area contributed by atoms with E-state index in [4.69, 9.17) is 61.0 Å². The number of hydrogen-bond acceptors (Lipinski definition) is 7. The molecule has 0 aliphatic carbocycles. The van der Waals surface area contributed by atoms with Crippen molar-refractivity contribution in [3.05, 3.63) is 67.6 Å². The highest BCUT2D eigenvalue weighted by Gasteiger charge is 2.27. The van der Waals surface area contributed by atoms with Crippen molar-refractivity contribution in [1.29, 1.82) is 0 Å². The molecule has 9 nitrogen and oxygen atoms in total. The van der Waals surface area contributed by atoms with Crippen molar-refractivity contribution in [3.8, 4) is 0 Å². The van der Waals surface area contributed by atoms with Crippen LogP contribution in [0.2, 0.25) is 20.1 Å². The number of esters is 2. The molecule has 2 aromatic rings. The summed E-state index contributed by atoms with van der Waals surface area (Å²) in [4.78, 5) is 60.0. The quantitative estimate of drug-likeness (QED) is 0.426. The van der Waals surface area contributed by atoms with Crippen LogP contribution in [0.4, 0.5) is 0 Å². The van der Waals surface area contributed by atoms with Gasteiger partial charge in [0.2, 0.25) is 0 Å². The molecule has 0 saturated carbocycles. The Kier molecular flexibility index (Phi) is 10.1. The Hall–Kier alpha value is -2.85. The van der Waals surface area contributed by atoms with Crippen LogP contribution in [0, 0.1) is 0 Å². The molecule has 0 radical (unpaired) electrons. The Balaban J connectivity index is 1.98. The van der Waals surface area contributed by atoms with Gasteiger partial charge in [0.05, 0.1) is 37.6 Å². The van der Waals surface area contributed by atoms with Crippen LogP contribution in [0.15, 0.2) is 36.4 Å². The van der Waals surface area contributed by atoms with Gasteiger partial charge in [0.1, 0.15) is 6.04 Å². The summed E-state index contributed by atoms with van der Waals surface area (Å²) < 4.78 is 9.69. The van der Waals surface area contributed by atoms with E-state index in [0.717, 1.165) is 0 Å². The minimum absolute atomic E-state index is 0.00252. The molecule has 0 aromatic heterocycles. The molecular formula is C21H15Cl4NO8. The summed E-state index contributed by atoms with van der Waals surface area (Å²) in [6, 6.07) is 6.97. The van der Waals surface area contributed by atoms with Crippen molar-refractivity contribution >= 4 is 76.0 Å². The number of halogens is 4. The summed E-state index contributed by atoms with van der Waals surface area (Å²) in [6.45, 7) is -1.74. The summed E-state index contributed by atoms with van der Waals surface area (Å²) in [6.07, 6.45) is -0.820. The molecule has 0 saturated heterocycles. The predicted molar refractivity (Wildman–Crippen MR) is 123 cm³/mol. The van der Waals surface area contributed by atoms with E-state index in [9.17, 15) is 24.0 Å². The largest absolute Gasteiger partial charge is 0.481 e. The molecule has 13 heteroatoms. The average molecular weight is 551 g/mol. The fourth-order valence-electron chi connectivity index (χ4n) is 2.55. The second-order valence-corrected chi connectivity index (χ2v) is 8.16. The number of benzene rings is 2. The number of ketones is 1. The number of carboxylic acids is 1. The number of aliphatic carboxylic acids is 1. The number of carboxylic acid groups (broad SMARTS) is 1. The van der Waals surface area contributed by atoms with Gasteiger partial charge in [0.15, 0.2) is 19.0 Å². The highest BCUT2D eigenvalue weighted by Crippen LogP contribution is 2.26. The third-order valence-electron chi connectivity index (χ3n) is 4.12. The maximum atomic E-state index is 12.4. The Morgan fingerprint density at radius 2 is 1.18 bits per heavy atom. The van der Waals surface area contributed by atoms with Gasteiger partial charge in [0.25, 0.3) is 5.91 Å². The van der Waals surface area contributed by atoms with Gasteiger partial charge >= 0.3 is 17.9 Å². The van der Waals surface area contributed by atoms with E-state index in [2.05, 4.69) is 5.32 Å². The molecule has 0 spiro atoms. The number of amides is 1. The first-order valence-corrected chi connectivity index (χ1v) is 10.8. The number of ether oxygens (including phenoxy) is 2. The fourth-order valence-corrected chi connectivity index (χ4v) is 3.66. The Bertz CT molecular complexity index is 1100. The second-order valence-electron chi connectivity index (χ2n) is 6.53. The third-order valence-corrected chi connectivity index (χ3v) is 5.38. The zero-order valence-electron chi connectivity index (χ0n) is 17.0. The van der Waals surface area contributed by atoms with Crippen molar-refractivity contribution < 1.29 is 38.6 Å². The third kappa shape index (κ3) is 7.59. The minimum Gasteiger partial charge on any atom is -0.481 e. The first-order valence-electron chi connectivity index (χ1n) is 9.27. The van der Waals surface area contributed by atoms with Crippen LogP contribution < -0.4 is 5.32 Å². The van der Waals surface area contributed by atoms with Crippen LogP contribution >= 0.6 is 46.4 Å². The molecule has 1 unspecified atom stereocenters. The highest BCUT2D eigenvalue weighted by atomic mass is 35.5. The summed E-state index contributed by atoms with van der Waals surface area (Å²) in [5.41, 5.74) is -0.343. The van der Waals surface area contributed by atoms with E-state index < -0.39 is 55.3 Å². The van der Waals surface area contributed by atoms with Crippen molar-refractivity contribution in [2.75, 3.05) is 13.2 Å². The second kappa shape index (κ2) is 12.6. The summed E-state index contributed by atoms with van der Waals surface area (Å²) in [7, 11) is 0. The van der Waals surface area contributed by atoms with Crippen LogP contribution in [0.1, 0.15) is 27.1 Å². The average Bonchev–Trinajstić information content (AvgIpc) is 2.75. The molecule has 0 fully saturated rings. The molecule has 2 rings (SSSR count). The van der Waals surface area contributed by atoms with Gasteiger partial charge in [-0.3, -0.25) is 14.4 Å². The van der Waals surface area contributed by atoms with Crippen LogP contribution in [-0.2, 0) is 23.9 Å². The number of nitrogens with one attached hydrogen (secondary N) is 1. The molecule has 34 heavy (non-hydrogen) atoms. The van der Waals surface area contributed by atoms with Gasteiger partial charge in [-0.05, 0) is 24.3 Å². The normalized spacial score (nSPS) is 11.3. The van der Waals surface area contributed by atoms with Crippen molar-refractivity contribution in [2.24, 2.45) is 0 Å². The lowest BCUT2D eigenvalue weighted by Crippen LogP contribution is -2.45. The summed E-state index contributed by atoms with van der Waals surface area (Å²) in [5, 5.41) is 11.1. The van der Waals surface area contributed by atoms with E-state index in [1.807, 2.05) is 0 Å². The number of carbonyl (C=O) groups excluding carboxylic acids is 4. The number of carbonyl (C=O) groups is 5. The molecule has 0 aliphatic heterocycles. The van der Waals surface area contributed by atoms with Crippen molar-refractivity contribution in [3.63, 3.8) is 0 Å². The van der Waals surface area contributed by atoms with Gasteiger partial charge in [-0.2, -0.15) is 0 Å². The Morgan fingerprint density at radius 1 is 0.765 bits per heavy atom. The molecule has 180 valence electrons. The van der Waals surface area contributed by atoms with E-state index in [0.29, 0.717) is 0 Å². The Morgan fingerprint density at radius 3 is 1.59 bits per heavy atom. The lowest BCUT2D eigenvalue weighted by atomic mass is 10.1. The SMILES string of the molecule is O=C(O)CC(NC(=O)COC(=O)c1c(Cl)cccc1Cl)C(=O)COC(=O)c1c(Cl)cccc1Cl. The fraction of sp³-hybridized carbons (Fsp3) is 0.190. The molecule has 0 bridgehead atoms. The smallest absolute Gasteiger partial charge is 0.341 e. The van der Waals surface area contributed by atoms with Crippen LogP contribution in [0.25, 0.3) is 0 Å². The van der Waals surface area contributed by atoms with Gasteiger partial charge in [-0.1, -0.05) is 58.5 Å². The lowest BCUT2D eigenvalue weighted by Gasteiger charge is -2.16. The first kappa shape index (κ1) is 27.4. The van der Waals surface area contributed by atoms with E-state index in [1.54, 1.807) is 0 Å². The van der Waals surface area contributed by atoms with Gasteiger partial charge in [-0.25, -0.2) is 9.59 Å². The minimum atomic E-state index is -1.58. The molecule has 1 amide bonds. The van der Waals surface area contributed by atoms with Crippen LogP contribution in [-0.4, -0.2) is 54.0 Å².